The van der Waals surface area contributed by atoms with Crippen LogP contribution in [0.4, 0.5) is 0 Å². The van der Waals surface area contributed by atoms with Gasteiger partial charge in [-0.25, -0.2) is 0 Å². The van der Waals surface area contributed by atoms with Gasteiger partial charge in [0, 0.05) is 9.73 Å². The van der Waals surface area contributed by atoms with Crippen molar-refractivity contribution in [2.24, 2.45) is 0 Å². The van der Waals surface area contributed by atoms with Gasteiger partial charge in [-0.1, -0.05) is 155 Å². The molecule has 4 bridgehead atoms. The Balaban J connectivity index is 1.65. The zero-order valence-corrected chi connectivity index (χ0v) is 31.5. The van der Waals surface area contributed by atoms with Crippen LogP contribution < -0.4 is 9.05 Å². The van der Waals surface area contributed by atoms with Gasteiger partial charge in [-0.15, -0.1) is 0 Å². The first-order valence-electron chi connectivity index (χ1n) is 18.7. The second-order valence-corrected chi connectivity index (χ2v) is 18.5. The van der Waals surface area contributed by atoms with Crippen molar-refractivity contribution in [2.75, 3.05) is 12.3 Å². The fourth-order valence-electron chi connectivity index (χ4n) is 6.38. The van der Waals surface area contributed by atoms with E-state index in [-0.39, 0.29) is 11.6 Å². The number of hydrogen-bond donors (Lipinski definition) is 2. The third kappa shape index (κ3) is 14.1. The summed E-state index contributed by atoms with van der Waals surface area (Å²) in [6.07, 6.45) is 24.8. The van der Waals surface area contributed by atoms with Gasteiger partial charge in [-0.05, 0) is 61.1 Å². The van der Waals surface area contributed by atoms with Crippen LogP contribution >= 0.6 is 15.9 Å². The molecule has 260 valence electrons. The third-order valence-electron chi connectivity index (χ3n) is 9.48. The lowest BCUT2D eigenvalue weighted by atomic mass is 9.78. The van der Waals surface area contributed by atoms with Crippen LogP contribution in [-0.4, -0.2) is 22.1 Å². The molecule has 2 aromatic rings. The van der Waals surface area contributed by atoms with Crippen molar-refractivity contribution < 1.29 is 23.1 Å². The SMILES string of the molecule is CCCCCCCCCCCC[P+](O)(O)O[P+]1(CCCCCCCCCCCC)Oc2ccc(cc2)C(C)(C)c2ccc(cc2)O1. The molecule has 0 aromatic heterocycles. The minimum absolute atomic E-state index is 0.166. The zero-order chi connectivity index (χ0) is 33.1. The summed E-state index contributed by atoms with van der Waals surface area (Å²) < 4.78 is 19.7. The average Bonchev–Trinajstić information content (AvgIpc) is 3.02. The van der Waals surface area contributed by atoms with Gasteiger partial charge in [0.15, 0.2) is 17.7 Å². The zero-order valence-electron chi connectivity index (χ0n) is 29.7. The van der Waals surface area contributed by atoms with E-state index < -0.39 is 15.9 Å². The van der Waals surface area contributed by atoms with E-state index >= 15 is 0 Å². The molecule has 0 amide bonds. The molecule has 4 heterocycles. The molecular weight excluding hydrogens is 610 g/mol. The smallest absolute Gasteiger partial charge is 0.275 e. The Morgan fingerprint density at radius 1 is 0.543 bits per heavy atom. The highest BCUT2D eigenvalue weighted by Gasteiger charge is 2.61. The van der Waals surface area contributed by atoms with Crippen molar-refractivity contribution in [1.29, 1.82) is 0 Å². The quantitative estimate of drug-likeness (QED) is 0.0855. The van der Waals surface area contributed by atoms with E-state index in [0.717, 1.165) is 38.5 Å². The van der Waals surface area contributed by atoms with E-state index in [1.165, 1.54) is 101 Å². The van der Waals surface area contributed by atoms with Gasteiger partial charge < -0.3 is 0 Å². The fraction of sp³-hybridized carbons (Fsp3) is 0.692. The number of hydrogen-bond acceptors (Lipinski definition) is 5. The van der Waals surface area contributed by atoms with Crippen LogP contribution in [0.1, 0.15) is 167 Å². The summed E-state index contributed by atoms with van der Waals surface area (Å²) in [4.78, 5) is 22.6. The molecule has 0 aliphatic carbocycles. The third-order valence-corrected chi connectivity index (χ3v) is 14.3. The maximum atomic E-state index is 11.3. The van der Waals surface area contributed by atoms with Crippen LogP contribution in [-0.2, 0) is 9.73 Å². The molecule has 0 fully saturated rings. The van der Waals surface area contributed by atoms with Crippen LogP contribution in [0.5, 0.6) is 11.5 Å². The van der Waals surface area contributed by atoms with Crippen LogP contribution in [0.2, 0.25) is 0 Å². The summed E-state index contributed by atoms with van der Waals surface area (Å²) in [7, 11) is -6.91. The molecule has 0 unspecified atom stereocenters. The van der Waals surface area contributed by atoms with E-state index in [9.17, 15) is 9.79 Å². The van der Waals surface area contributed by atoms with Crippen molar-refractivity contribution in [1.82, 2.24) is 0 Å². The molecule has 2 aromatic carbocycles. The molecule has 6 rings (SSSR count). The molecular formula is C39H66O5P2+2. The molecule has 2 N–H and O–H groups in total. The van der Waals surface area contributed by atoms with Crippen molar-refractivity contribution in [3.8, 4) is 11.5 Å². The Morgan fingerprint density at radius 3 is 1.28 bits per heavy atom. The first-order valence-corrected chi connectivity index (χ1v) is 22.3. The summed E-state index contributed by atoms with van der Waals surface area (Å²) in [6.45, 7) is 8.96. The van der Waals surface area contributed by atoms with E-state index in [2.05, 4.69) is 52.0 Å². The van der Waals surface area contributed by atoms with Gasteiger partial charge in [0.1, 0.15) is 6.16 Å². The van der Waals surface area contributed by atoms with E-state index in [0.29, 0.717) is 17.7 Å². The predicted molar refractivity (Wildman–Crippen MR) is 199 cm³/mol. The minimum atomic E-state index is -3.71. The molecule has 0 atom stereocenters. The molecule has 4 aliphatic rings. The van der Waals surface area contributed by atoms with Gasteiger partial charge in [0.2, 0.25) is 0 Å². The monoisotopic (exact) mass is 676 g/mol. The van der Waals surface area contributed by atoms with Crippen LogP contribution in [0, 0.1) is 0 Å². The van der Waals surface area contributed by atoms with Gasteiger partial charge in [0.25, 0.3) is 0 Å². The summed E-state index contributed by atoms with van der Waals surface area (Å²) in [5.41, 5.74) is 2.22. The van der Waals surface area contributed by atoms with Crippen molar-refractivity contribution >= 4 is 15.9 Å². The maximum absolute atomic E-state index is 11.3. The molecule has 0 spiro atoms. The van der Waals surface area contributed by atoms with Gasteiger partial charge in [-0.3, -0.25) is 9.05 Å². The van der Waals surface area contributed by atoms with Crippen molar-refractivity contribution in [3.05, 3.63) is 59.7 Å². The highest BCUT2D eigenvalue weighted by atomic mass is 31.3. The van der Waals surface area contributed by atoms with Crippen LogP contribution in [0.15, 0.2) is 48.5 Å². The second kappa shape index (κ2) is 21.0. The molecule has 5 nitrogen and oxygen atoms in total. The Kier molecular flexibility index (Phi) is 17.9. The highest BCUT2D eigenvalue weighted by Crippen LogP contribution is 2.73. The largest absolute Gasteiger partial charge is 0.547 e. The first-order chi connectivity index (χ1) is 22.2. The number of benzene rings is 2. The van der Waals surface area contributed by atoms with E-state index in [1.54, 1.807) is 0 Å². The van der Waals surface area contributed by atoms with Gasteiger partial charge in [0.05, 0.1) is 0 Å². The van der Waals surface area contributed by atoms with Crippen molar-refractivity contribution in [2.45, 2.75) is 162 Å². The minimum Gasteiger partial charge on any atom is -0.275 e. The van der Waals surface area contributed by atoms with Crippen LogP contribution in [0.25, 0.3) is 0 Å². The standard InChI is InChI=1S/C39H66O5P2/c1-5-7-9-11-13-15-17-19-21-23-33-45(40,41)44-46(34-24-22-20-18-16-14-12-10-8-6-2)42-37-29-25-35(26-30-37)39(3,4)36-27-31-38(43-46)32-28-36/h25-32,40-41H,5-24,33-34H2,1-4H3/q+2. The molecule has 4 aliphatic heterocycles. The molecule has 0 saturated carbocycles. The highest BCUT2D eigenvalue weighted by molar-refractivity contribution is 7.74. The Labute approximate surface area is 283 Å². The Morgan fingerprint density at radius 2 is 0.891 bits per heavy atom. The average molecular weight is 677 g/mol. The molecule has 0 radical (unpaired) electrons. The van der Waals surface area contributed by atoms with Crippen LogP contribution in [0.3, 0.4) is 0 Å². The lowest BCUT2D eigenvalue weighted by Crippen LogP contribution is -2.21. The summed E-state index contributed by atoms with van der Waals surface area (Å²) in [5, 5.41) is 0. The normalized spacial score (nSPS) is 15.3. The summed E-state index contributed by atoms with van der Waals surface area (Å²) in [6, 6.07) is 16.3. The van der Waals surface area contributed by atoms with Gasteiger partial charge >= 0.3 is 15.9 Å². The van der Waals surface area contributed by atoms with Crippen molar-refractivity contribution in [3.63, 3.8) is 0 Å². The molecule has 7 heteroatoms. The first kappa shape index (κ1) is 39.2. The predicted octanol–water partition coefficient (Wildman–Crippen LogP) is 13.2. The topological polar surface area (TPSA) is 68.2 Å². The van der Waals surface area contributed by atoms with Gasteiger partial charge in [-0.2, -0.15) is 9.79 Å². The molecule has 0 saturated heterocycles. The Bertz CT molecular complexity index is 1020. The lowest BCUT2D eigenvalue weighted by Gasteiger charge is -2.28. The number of rotatable bonds is 24. The van der Waals surface area contributed by atoms with E-state index in [4.69, 9.17) is 13.4 Å². The Hall–Kier alpha value is -1.22. The fourth-order valence-corrected chi connectivity index (χ4v) is 11.2. The maximum Gasteiger partial charge on any atom is 0.547 e. The second-order valence-electron chi connectivity index (χ2n) is 14.0. The number of unbranched alkanes of at least 4 members (excludes halogenated alkanes) is 18. The van der Waals surface area contributed by atoms with E-state index in [1.807, 2.05) is 24.3 Å². The molecule has 46 heavy (non-hydrogen) atoms. The lowest BCUT2D eigenvalue weighted by molar-refractivity contribution is 0.287. The summed E-state index contributed by atoms with van der Waals surface area (Å²) >= 11 is 0. The summed E-state index contributed by atoms with van der Waals surface area (Å²) in [5.74, 6) is 1.29.